The highest BCUT2D eigenvalue weighted by Gasteiger charge is 2.18. The molecule has 0 radical (unpaired) electrons. The number of carbonyl (C=O) groups is 1. The van der Waals surface area contributed by atoms with Crippen LogP contribution in [0.4, 0.5) is 17.1 Å². The van der Waals surface area contributed by atoms with Crippen molar-refractivity contribution in [2.75, 3.05) is 10.0 Å². The van der Waals surface area contributed by atoms with Gasteiger partial charge in [0, 0.05) is 12.1 Å². The monoisotopic (exact) mass is 479 g/mol. The van der Waals surface area contributed by atoms with Crippen LogP contribution in [0.25, 0.3) is 0 Å². The van der Waals surface area contributed by atoms with Gasteiger partial charge < -0.3 is 5.32 Å². The van der Waals surface area contributed by atoms with Crippen LogP contribution in [0, 0.1) is 17.0 Å². The fraction of sp³-hybridized carbons (Fsp3) is 0.0500. The fourth-order valence-corrected chi connectivity index (χ4v) is 4.09. The highest BCUT2D eigenvalue weighted by molar-refractivity contribution is 7.92. The van der Waals surface area contributed by atoms with Crippen molar-refractivity contribution in [1.29, 1.82) is 0 Å². The lowest BCUT2D eigenvalue weighted by Crippen LogP contribution is -2.15. The lowest BCUT2D eigenvalue weighted by Gasteiger charge is -2.11. The predicted octanol–water partition coefficient (Wildman–Crippen LogP) is 5.26. The lowest BCUT2D eigenvalue weighted by molar-refractivity contribution is -0.384. The number of nitro benzene ring substituents is 1. The molecule has 0 atom stereocenters. The number of halogens is 2. The van der Waals surface area contributed by atoms with Crippen molar-refractivity contribution in [2.24, 2.45) is 0 Å². The van der Waals surface area contributed by atoms with Gasteiger partial charge in [-0.2, -0.15) is 0 Å². The molecule has 3 rings (SSSR count). The molecule has 3 aromatic rings. The van der Waals surface area contributed by atoms with Gasteiger partial charge in [0.25, 0.3) is 21.6 Å². The van der Waals surface area contributed by atoms with Gasteiger partial charge in [-0.1, -0.05) is 40.9 Å². The van der Waals surface area contributed by atoms with Crippen LogP contribution in [0.2, 0.25) is 10.0 Å². The molecule has 0 spiro atoms. The summed E-state index contributed by atoms with van der Waals surface area (Å²) in [5, 5.41) is 13.5. The van der Waals surface area contributed by atoms with Crippen molar-refractivity contribution < 1.29 is 18.1 Å². The van der Waals surface area contributed by atoms with E-state index in [0.717, 1.165) is 11.6 Å². The molecule has 3 aromatic carbocycles. The molecule has 0 aliphatic heterocycles. The maximum absolute atomic E-state index is 12.6. The summed E-state index contributed by atoms with van der Waals surface area (Å²) >= 11 is 12.2. The first-order chi connectivity index (χ1) is 14.6. The summed E-state index contributed by atoms with van der Waals surface area (Å²) in [5.41, 5.74) is 0.909. The van der Waals surface area contributed by atoms with Crippen molar-refractivity contribution >= 4 is 56.2 Å². The van der Waals surface area contributed by atoms with E-state index in [-0.39, 0.29) is 37.6 Å². The van der Waals surface area contributed by atoms with Gasteiger partial charge in [-0.05, 0) is 43.3 Å². The number of nitrogens with one attached hydrogen (secondary N) is 2. The number of hydrogen-bond donors (Lipinski definition) is 2. The van der Waals surface area contributed by atoms with E-state index in [1.165, 1.54) is 42.5 Å². The number of aryl methyl sites for hydroxylation is 1. The van der Waals surface area contributed by atoms with Gasteiger partial charge >= 0.3 is 0 Å². The molecule has 0 aromatic heterocycles. The Kier molecular flexibility index (Phi) is 6.49. The number of nitrogens with zero attached hydrogens (tertiary/aromatic N) is 1. The van der Waals surface area contributed by atoms with Gasteiger partial charge in [-0.25, -0.2) is 8.42 Å². The topological polar surface area (TPSA) is 118 Å². The van der Waals surface area contributed by atoms with Crippen LogP contribution in [-0.4, -0.2) is 19.2 Å². The van der Waals surface area contributed by atoms with Gasteiger partial charge in [0.2, 0.25) is 0 Å². The number of sulfonamides is 1. The van der Waals surface area contributed by atoms with Crippen LogP contribution in [-0.2, 0) is 10.0 Å². The van der Waals surface area contributed by atoms with E-state index in [4.69, 9.17) is 23.2 Å². The molecule has 11 heteroatoms. The van der Waals surface area contributed by atoms with Crippen molar-refractivity contribution in [2.45, 2.75) is 11.8 Å². The third-order valence-electron chi connectivity index (χ3n) is 4.21. The highest BCUT2D eigenvalue weighted by atomic mass is 35.5. The lowest BCUT2D eigenvalue weighted by atomic mass is 10.2. The van der Waals surface area contributed by atoms with E-state index in [2.05, 4.69) is 10.0 Å². The minimum Gasteiger partial charge on any atom is -0.320 e. The first kappa shape index (κ1) is 22.5. The van der Waals surface area contributed by atoms with E-state index < -0.39 is 20.9 Å². The zero-order valence-corrected chi connectivity index (χ0v) is 18.3. The Morgan fingerprint density at radius 1 is 0.968 bits per heavy atom. The number of rotatable bonds is 6. The summed E-state index contributed by atoms with van der Waals surface area (Å²) in [6.45, 7) is 1.84. The van der Waals surface area contributed by atoms with Crippen LogP contribution in [0.15, 0.2) is 65.6 Å². The molecule has 0 aliphatic carbocycles. The fourth-order valence-electron chi connectivity index (χ4n) is 2.61. The molecule has 0 bridgehead atoms. The Hall–Kier alpha value is -3.14. The van der Waals surface area contributed by atoms with E-state index in [0.29, 0.717) is 0 Å². The Bertz CT molecular complexity index is 1280. The maximum Gasteiger partial charge on any atom is 0.271 e. The first-order valence-electron chi connectivity index (χ1n) is 8.71. The molecule has 0 fully saturated rings. The van der Waals surface area contributed by atoms with Crippen molar-refractivity contribution in [1.82, 2.24) is 0 Å². The minimum atomic E-state index is -3.84. The summed E-state index contributed by atoms with van der Waals surface area (Å²) < 4.78 is 27.4. The second-order valence-corrected chi connectivity index (χ2v) is 8.99. The van der Waals surface area contributed by atoms with Crippen LogP contribution in [0.1, 0.15) is 15.9 Å². The number of hydrogen-bond acceptors (Lipinski definition) is 5. The standard InChI is InChI=1S/C20H15Cl2N3O5S/c1-12-2-6-15(7-3-12)31(29,30)24-13-4-8-16(18(22)10-13)20(26)23-19-11-14(25(27)28)5-9-17(19)21/h2-11,24H,1H3,(H,23,26). The highest BCUT2D eigenvalue weighted by Crippen LogP contribution is 2.29. The molecule has 1 amide bonds. The number of carbonyl (C=O) groups excluding carboxylic acids is 1. The SMILES string of the molecule is Cc1ccc(S(=O)(=O)Nc2ccc(C(=O)Nc3cc([N+](=O)[O-])ccc3Cl)c(Cl)c2)cc1. The summed E-state index contributed by atoms with van der Waals surface area (Å²) in [6, 6.07) is 13.9. The van der Waals surface area contributed by atoms with Crippen molar-refractivity contribution in [3.63, 3.8) is 0 Å². The summed E-state index contributed by atoms with van der Waals surface area (Å²) in [5.74, 6) is -0.666. The van der Waals surface area contributed by atoms with E-state index >= 15 is 0 Å². The predicted molar refractivity (Wildman–Crippen MR) is 119 cm³/mol. The third kappa shape index (κ3) is 5.32. The van der Waals surface area contributed by atoms with Gasteiger partial charge in [0.15, 0.2) is 0 Å². The minimum absolute atomic E-state index is 0.0249. The number of nitro groups is 1. The summed E-state index contributed by atoms with van der Waals surface area (Å²) in [6.07, 6.45) is 0. The van der Waals surface area contributed by atoms with Crippen LogP contribution < -0.4 is 10.0 Å². The number of anilines is 2. The molecular formula is C20H15Cl2N3O5S. The second-order valence-electron chi connectivity index (χ2n) is 6.49. The zero-order chi connectivity index (χ0) is 22.8. The Morgan fingerprint density at radius 3 is 2.26 bits per heavy atom. The van der Waals surface area contributed by atoms with Gasteiger partial charge in [0.1, 0.15) is 0 Å². The van der Waals surface area contributed by atoms with Crippen molar-refractivity contribution in [3.8, 4) is 0 Å². The largest absolute Gasteiger partial charge is 0.320 e. The number of non-ortho nitro benzene ring substituents is 1. The first-order valence-corrected chi connectivity index (χ1v) is 10.9. The van der Waals surface area contributed by atoms with Crippen LogP contribution in [0.5, 0.6) is 0 Å². The third-order valence-corrected chi connectivity index (χ3v) is 6.25. The van der Waals surface area contributed by atoms with E-state index in [9.17, 15) is 23.3 Å². The Morgan fingerprint density at radius 2 is 1.65 bits per heavy atom. The van der Waals surface area contributed by atoms with E-state index in [1.54, 1.807) is 12.1 Å². The molecule has 0 saturated carbocycles. The van der Waals surface area contributed by atoms with Gasteiger partial charge in [-0.15, -0.1) is 0 Å². The van der Waals surface area contributed by atoms with Crippen molar-refractivity contribution in [3.05, 3.63) is 92.0 Å². The molecule has 0 saturated heterocycles. The molecule has 8 nitrogen and oxygen atoms in total. The van der Waals surface area contributed by atoms with Gasteiger partial charge in [0.05, 0.1) is 36.8 Å². The molecule has 2 N–H and O–H groups in total. The molecule has 0 unspecified atom stereocenters. The molecule has 0 heterocycles. The molecule has 0 aliphatic rings. The molecular weight excluding hydrogens is 465 g/mol. The smallest absolute Gasteiger partial charge is 0.271 e. The summed E-state index contributed by atoms with van der Waals surface area (Å²) in [7, 11) is -3.84. The van der Waals surface area contributed by atoms with E-state index in [1.807, 2.05) is 6.92 Å². The Balaban J connectivity index is 1.81. The Labute approximate surface area is 188 Å². The average Bonchev–Trinajstić information content (AvgIpc) is 2.69. The average molecular weight is 480 g/mol. The van der Waals surface area contributed by atoms with Crippen LogP contribution in [0.3, 0.4) is 0 Å². The number of benzene rings is 3. The molecule has 31 heavy (non-hydrogen) atoms. The summed E-state index contributed by atoms with van der Waals surface area (Å²) in [4.78, 5) is 22.9. The molecule has 160 valence electrons. The quantitative estimate of drug-likeness (QED) is 0.368. The normalized spacial score (nSPS) is 11.1. The second kappa shape index (κ2) is 8.93. The zero-order valence-electron chi connectivity index (χ0n) is 15.9. The van der Waals surface area contributed by atoms with Crippen LogP contribution >= 0.6 is 23.2 Å². The number of amides is 1. The maximum atomic E-state index is 12.6. The van der Waals surface area contributed by atoms with Gasteiger partial charge in [-0.3, -0.25) is 19.6 Å².